The molecule has 1 amide bonds. The summed E-state index contributed by atoms with van der Waals surface area (Å²) in [5.74, 6) is -0.151. The number of hydrogen-bond acceptors (Lipinski definition) is 2. The molecule has 23 heavy (non-hydrogen) atoms. The van der Waals surface area contributed by atoms with Crippen LogP contribution in [0.4, 0.5) is 10.1 Å². The lowest BCUT2D eigenvalue weighted by atomic mass is 10.1. The Bertz CT molecular complexity index is 709. The number of nitrogens with zero attached hydrogens (tertiary/aromatic N) is 2. The molecule has 2 aromatic carbocycles. The molecule has 5 heteroatoms. The van der Waals surface area contributed by atoms with Gasteiger partial charge in [-0.1, -0.05) is 15.9 Å². The molecule has 1 aliphatic rings. The molecule has 0 aliphatic carbocycles. The molecule has 0 unspecified atom stereocenters. The first-order valence-electron chi connectivity index (χ1n) is 7.60. The minimum Gasteiger partial charge on any atom is -0.368 e. The van der Waals surface area contributed by atoms with Gasteiger partial charge in [0.05, 0.1) is 0 Å². The van der Waals surface area contributed by atoms with Crippen molar-refractivity contribution in [3.8, 4) is 0 Å². The van der Waals surface area contributed by atoms with Crippen molar-refractivity contribution in [1.29, 1.82) is 0 Å². The molecule has 0 radical (unpaired) electrons. The van der Waals surface area contributed by atoms with Crippen LogP contribution in [-0.2, 0) is 0 Å². The van der Waals surface area contributed by atoms with Crippen LogP contribution in [0.25, 0.3) is 0 Å². The Morgan fingerprint density at radius 2 is 1.70 bits per heavy atom. The van der Waals surface area contributed by atoms with E-state index in [1.807, 2.05) is 30.0 Å². The van der Waals surface area contributed by atoms with Gasteiger partial charge in [0.25, 0.3) is 5.91 Å². The number of benzene rings is 2. The maximum Gasteiger partial charge on any atom is 0.254 e. The van der Waals surface area contributed by atoms with Crippen LogP contribution in [0.3, 0.4) is 0 Å². The second-order valence-electron chi connectivity index (χ2n) is 5.71. The lowest BCUT2D eigenvalue weighted by molar-refractivity contribution is 0.0746. The third kappa shape index (κ3) is 3.55. The van der Waals surface area contributed by atoms with E-state index in [1.54, 1.807) is 12.1 Å². The Labute approximate surface area is 143 Å². The van der Waals surface area contributed by atoms with E-state index >= 15 is 0 Å². The van der Waals surface area contributed by atoms with E-state index in [2.05, 4.69) is 20.8 Å². The van der Waals surface area contributed by atoms with E-state index in [9.17, 15) is 9.18 Å². The maximum absolute atomic E-state index is 13.0. The third-order valence-electron chi connectivity index (χ3n) is 4.18. The minimum atomic E-state index is -0.228. The van der Waals surface area contributed by atoms with Crippen LogP contribution in [0.2, 0.25) is 0 Å². The molecule has 120 valence electrons. The molecule has 1 saturated heterocycles. The van der Waals surface area contributed by atoms with Crippen molar-refractivity contribution < 1.29 is 9.18 Å². The maximum atomic E-state index is 13.0. The molecule has 1 heterocycles. The van der Waals surface area contributed by atoms with Gasteiger partial charge in [0.1, 0.15) is 5.82 Å². The number of amides is 1. The van der Waals surface area contributed by atoms with Crippen LogP contribution in [0, 0.1) is 12.7 Å². The average molecular weight is 377 g/mol. The number of piperazine rings is 1. The normalized spacial score (nSPS) is 14.9. The lowest BCUT2D eigenvalue weighted by Gasteiger charge is -2.36. The summed E-state index contributed by atoms with van der Waals surface area (Å²) >= 11 is 3.42. The fourth-order valence-corrected chi connectivity index (χ4v) is 3.33. The number of anilines is 1. The highest BCUT2D eigenvalue weighted by atomic mass is 79.9. The van der Waals surface area contributed by atoms with E-state index in [0.29, 0.717) is 13.1 Å². The average Bonchev–Trinajstić information content (AvgIpc) is 2.55. The Kier molecular flexibility index (Phi) is 4.66. The van der Waals surface area contributed by atoms with Gasteiger partial charge in [-0.15, -0.1) is 0 Å². The zero-order valence-electron chi connectivity index (χ0n) is 12.9. The van der Waals surface area contributed by atoms with Crippen molar-refractivity contribution in [2.24, 2.45) is 0 Å². The quantitative estimate of drug-likeness (QED) is 0.794. The highest BCUT2D eigenvalue weighted by Gasteiger charge is 2.23. The first-order chi connectivity index (χ1) is 11.0. The van der Waals surface area contributed by atoms with Crippen molar-refractivity contribution in [2.75, 3.05) is 31.1 Å². The highest BCUT2D eigenvalue weighted by Crippen LogP contribution is 2.20. The molecule has 1 aliphatic heterocycles. The molecule has 0 atom stereocenters. The van der Waals surface area contributed by atoms with E-state index in [4.69, 9.17) is 0 Å². The minimum absolute atomic E-state index is 0.0776. The van der Waals surface area contributed by atoms with Gasteiger partial charge in [0.15, 0.2) is 0 Å². The molecule has 3 rings (SSSR count). The zero-order chi connectivity index (χ0) is 16.4. The molecule has 3 nitrogen and oxygen atoms in total. The number of carbonyl (C=O) groups excluding carboxylic acids is 1. The number of halogens is 2. The first-order valence-corrected chi connectivity index (χ1v) is 8.40. The van der Waals surface area contributed by atoms with Crippen LogP contribution in [0.1, 0.15) is 15.9 Å². The second kappa shape index (κ2) is 6.71. The highest BCUT2D eigenvalue weighted by molar-refractivity contribution is 9.10. The summed E-state index contributed by atoms with van der Waals surface area (Å²) in [6.07, 6.45) is 0. The molecule has 2 aromatic rings. The van der Waals surface area contributed by atoms with Crippen molar-refractivity contribution in [3.63, 3.8) is 0 Å². The Balaban J connectivity index is 1.66. The van der Waals surface area contributed by atoms with Crippen molar-refractivity contribution in [2.45, 2.75) is 6.92 Å². The van der Waals surface area contributed by atoms with Gasteiger partial charge >= 0.3 is 0 Å². The topological polar surface area (TPSA) is 23.6 Å². The smallest absolute Gasteiger partial charge is 0.254 e. The van der Waals surface area contributed by atoms with Crippen molar-refractivity contribution in [1.82, 2.24) is 4.90 Å². The first kappa shape index (κ1) is 16.0. The number of rotatable bonds is 2. The summed E-state index contributed by atoms with van der Waals surface area (Å²) in [5, 5.41) is 0. The number of carbonyl (C=O) groups is 1. The molecule has 0 spiro atoms. The van der Waals surface area contributed by atoms with Gasteiger partial charge in [-0.2, -0.15) is 0 Å². The van der Waals surface area contributed by atoms with Crippen LogP contribution in [0.15, 0.2) is 46.9 Å². The van der Waals surface area contributed by atoms with Gasteiger partial charge in [-0.3, -0.25) is 4.79 Å². The molecule has 0 aromatic heterocycles. The fraction of sp³-hybridized carbons (Fsp3) is 0.278. The van der Waals surface area contributed by atoms with E-state index in [0.717, 1.165) is 34.4 Å². The fourth-order valence-electron chi connectivity index (χ4n) is 2.86. The molecular weight excluding hydrogens is 359 g/mol. The molecular formula is C18H18BrFN2O. The summed E-state index contributed by atoms with van der Waals surface area (Å²) in [5.41, 5.74) is 2.73. The molecule has 0 saturated carbocycles. The van der Waals surface area contributed by atoms with Gasteiger partial charge < -0.3 is 9.80 Å². The molecule has 1 fully saturated rings. The lowest BCUT2D eigenvalue weighted by Crippen LogP contribution is -2.48. The van der Waals surface area contributed by atoms with Crippen molar-refractivity contribution >= 4 is 27.5 Å². The van der Waals surface area contributed by atoms with Gasteiger partial charge in [0, 0.05) is 41.9 Å². The second-order valence-corrected chi connectivity index (χ2v) is 6.63. The summed E-state index contributed by atoms with van der Waals surface area (Å²) in [6.45, 7) is 4.81. The third-order valence-corrected chi connectivity index (χ3v) is 4.67. The van der Waals surface area contributed by atoms with E-state index in [-0.39, 0.29) is 11.7 Å². The van der Waals surface area contributed by atoms with Crippen LogP contribution >= 0.6 is 15.9 Å². The monoisotopic (exact) mass is 376 g/mol. The summed E-state index contributed by atoms with van der Waals surface area (Å²) in [4.78, 5) is 16.7. The zero-order valence-corrected chi connectivity index (χ0v) is 14.5. The largest absolute Gasteiger partial charge is 0.368 e. The number of aryl methyl sites for hydroxylation is 1. The SMILES string of the molecule is Cc1cc(Br)ccc1C(=O)N1CCN(c2ccc(F)cc2)CC1. The van der Waals surface area contributed by atoms with Crippen molar-refractivity contribution in [3.05, 3.63) is 63.9 Å². The molecule has 0 bridgehead atoms. The number of hydrogen-bond donors (Lipinski definition) is 0. The van der Waals surface area contributed by atoms with Crippen LogP contribution < -0.4 is 4.90 Å². The Morgan fingerprint density at radius 3 is 2.30 bits per heavy atom. The Morgan fingerprint density at radius 1 is 1.04 bits per heavy atom. The summed E-state index contributed by atoms with van der Waals surface area (Å²) in [6, 6.07) is 12.2. The Hall–Kier alpha value is -1.88. The predicted octanol–water partition coefficient (Wildman–Crippen LogP) is 3.86. The van der Waals surface area contributed by atoms with Gasteiger partial charge in [0.2, 0.25) is 0 Å². The summed E-state index contributed by atoms with van der Waals surface area (Å²) < 4.78 is 14.0. The van der Waals surface area contributed by atoms with Gasteiger partial charge in [-0.05, 0) is 55.0 Å². The predicted molar refractivity (Wildman–Crippen MR) is 93.4 cm³/mol. The van der Waals surface area contributed by atoms with Gasteiger partial charge in [-0.25, -0.2) is 4.39 Å². The molecule has 0 N–H and O–H groups in total. The van der Waals surface area contributed by atoms with Crippen LogP contribution in [0.5, 0.6) is 0 Å². The standard InChI is InChI=1S/C18H18BrFN2O/c1-13-12-14(19)2-7-17(13)18(23)22-10-8-21(9-11-22)16-5-3-15(20)4-6-16/h2-7,12H,8-11H2,1H3. The van der Waals surface area contributed by atoms with E-state index in [1.165, 1.54) is 12.1 Å². The summed E-state index contributed by atoms with van der Waals surface area (Å²) in [7, 11) is 0. The van der Waals surface area contributed by atoms with Crippen LogP contribution in [-0.4, -0.2) is 37.0 Å². The van der Waals surface area contributed by atoms with E-state index < -0.39 is 0 Å².